The zero-order valence-electron chi connectivity index (χ0n) is 7.44. The zero-order chi connectivity index (χ0) is 9.38. The number of fused-ring (bicyclic) bond motifs is 3. The average Bonchev–Trinajstić information content (AvgIpc) is 2.29. The third-order valence-corrected chi connectivity index (χ3v) is 2.31. The molecule has 14 heavy (non-hydrogen) atoms. The molecule has 0 bridgehead atoms. The SMILES string of the molecule is [c]1nccc2c1ccc1cccnc12. The minimum atomic E-state index is 1.01. The summed E-state index contributed by atoms with van der Waals surface area (Å²) in [5.41, 5.74) is 1.02. The molecule has 0 spiro atoms. The Morgan fingerprint density at radius 3 is 3.00 bits per heavy atom. The van der Waals surface area contributed by atoms with Gasteiger partial charge in [-0.05, 0) is 12.1 Å². The van der Waals surface area contributed by atoms with Crippen LogP contribution in [-0.2, 0) is 0 Å². The van der Waals surface area contributed by atoms with Gasteiger partial charge in [0.05, 0.1) is 11.7 Å². The van der Waals surface area contributed by atoms with Crippen molar-refractivity contribution in [3.63, 3.8) is 0 Å². The molecular formula is C12H7N2. The van der Waals surface area contributed by atoms with Gasteiger partial charge in [-0.2, -0.15) is 0 Å². The Labute approximate surface area is 81.2 Å². The van der Waals surface area contributed by atoms with Crippen molar-refractivity contribution < 1.29 is 0 Å². The van der Waals surface area contributed by atoms with Crippen LogP contribution in [0.25, 0.3) is 21.7 Å². The lowest BCUT2D eigenvalue weighted by molar-refractivity contribution is 1.34. The van der Waals surface area contributed by atoms with Gasteiger partial charge >= 0.3 is 0 Å². The van der Waals surface area contributed by atoms with Gasteiger partial charge in [-0.25, -0.2) is 0 Å². The van der Waals surface area contributed by atoms with Gasteiger partial charge in [0, 0.05) is 28.6 Å². The number of benzene rings is 1. The number of nitrogens with zero attached hydrogens (tertiary/aromatic N) is 2. The highest BCUT2D eigenvalue weighted by Crippen LogP contribution is 2.21. The summed E-state index contributed by atoms with van der Waals surface area (Å²) in [5, 5.41) is 3.27. The number of hydrogen-bond donors (Lipinski definition) is 0. The van der Waals surface area contributed by atoms with Crippen molar-refractivity contribution in [2.45, 2.75) is 0 Å². The summed E-state index contributed by atoms with van der Waals surface area (Å²) in [5.74, 6) is 0. The van der Waals surface area contributed by atoms with Crippen molar-refractivity contribution in [1.29, 1.82) is 0 Å². The fraction of sp³-hybridized carbons (Fsp3) is 0. The quantitative estimate of drug-likeness (QED) is 0.496. The molecule has 0 saturated heterocycles. The first-order valence-corrected chi connectivity index (χ1v) is 4.45. The fourth-order valence-corrected chi connectivity index (χ4v) is 1.65. The van der Waals surface area contributed by atoms with Crippen molar-refractivity contribution >= 4 is 21.7 Å². The normalized spacial score (nSPS) is 10.9. The number of hydrogen-bond acceptors (Lipinski definition) is 2. The van der Waals surface area contributed by atoms with Gasteiger partial charge in [-0.3, -0.25) is 9.97 Å². The molecule has 65 valence electrons. The molecule has 3 aromatic rings. The Kier molecular flexibility index (Phi) is 1.47. The molecule has 2 nitrogen and oxygen atoms in total. The summed E-state index contributed by atoms with van der Waals surface area (Å²) < 4.78 is 0. The topological polar surface area (TPSA) is 25.8 Å². The molecule has 0 amide bonds. The van der Waals surface area contributed by atoms with Crippen LogP contribution in [0.2, 0.25) is 0 Å². The Hall–Kier alpha value is -1.96. The van der Waals surface area contributed by atoms with Gasteiger partial charge in [-0.1, -0.05) is 18.2 Å². The fourth-order valence-electron chi connectivity index (χ4n) is 1.65. The van der Waals surface area contributed by atoms with E-state index in [1.54, 1.807) is 6.20 Å². The second-order valence-electron chi connectivity index (χ2n) is 3.16. The summed E-state index contributed by atoms with van der Waals surface area (Å²) >= 11 is 0. The van der Waals surface area contributed by atoms with E-state index in [9.17, 15) is 0 Å². The van der Waals surface area contributed by atoms with E-state index in [1.165, 1.54) is 0 Å². The Bertz CT molecular complexity index is 547. The van der Waals surface area contributed by atoms with Crippen LogP contribution >= 0.6 is 0 Å². The molecule has 0 aliphatic rings. The molecule has 1 aromatic carbocycles. The maximum absolute atomic E-state index is 4.36. The van der Waals surface area contributed by atoms with Gasteiger partial charge in [0.25, 0.3) is 0 Å². The molecular weight excluding hydrogens is 172 g/mol. The lowest BCUT2D eigenvalue weighted by atomic mass is 10.1. The van der Waals surface area contributed by atoms with Crippen LogP contribution < -0.4 is 0 Å². The van der Waals surface area contributed by atoms with Crippen molar-refractivity contribution in [3.05, 3.63) is 48.9 Å². The van der Waals surface area contributed by atoms with E-state index in [4.69, 9.17) is 0 Å². The maximum Gasteiger partial charge on any atom is 0.0971 e. The van der Waals surface area contributed by atoms with Gasteiger partial charge in [0.1, 0.15) is 0 Å². The number of pyridine rings is 2. The van der Waals surface area contributed by atoms with E-state index in [-0.39, 0.29) is 0 Å². The highest BCUT2D eigenvalue weighted by Gasteiger charge is 1.99. The Morgan fingerprint density at radius 1 is 1.00 bits per heavy atom. The molecule has 3 rings (SSSR count). The largest absolute Gasteiger partial charge is 0.256 e. The highest BCUT2D eigenvalue weighted by molar-refractivity contribution is 6.04. The molecule has 2 heteroatoms. The molecule has 0 fully saturated rings. The van der Waals surface area contributed by atoms with Crippen LogP contribution in [0.4, 0.5) is 0 Å². The van der Waals surface area contributed by atoms with Crippen LogP contribution in [0.3, 0.4) is 0 Å². The van der Waals surface area contributed by atoms with E-state index in [0.717, 1.165) is 21.7 Å². The van der Waals surface area contributed by atoms with Crippen LogP contribution in [0.15, 0.2) is 42.7 Å². The molecule has 2 aromatic heterocycles. The van der Waals surface area contributed by atoms with Crippen LogP contribution in [-0.4, -0.2) is 9.97 Å². The average molecular weight is 179 g/mol. The third kappa shape index (κ3) is 0.973. The predicted octanol–water partition coefficient (Wildman–Crippen LogP) is 2.58. The van der Waals surface area contributed by atoms with E-state index < -0.39 is 0 Å². The third-order valence-electron chi connectivity index (χ3n) is 2.31. The Balaban J connectivity index is 2.61. The van der Waals surface area contributed by atoms with E-state index >= 15 is 0 Å². The lowest BCUT2D eigenvalue weighted by Gasteiger charge is -2.00. The smallest absolute Gasteiger partial charge is 0.0971 e. The van der Waals surface area contributed by atoms with Crippen molar-refractivity contribution in [2.24, 2.45) is 0 Å². The first kappa shape index (κ1) is 7.44. The van der Waals surface area contributed by atoms with Gasteiger partial charge < -0.3 is 0 Å². The summed E-state index contributed by atoms with van der Waals surface area (Å²) in [7, 11) is 0. The minimum Gasteiger partial charge on any atom is -0.256 e. The predicted molar refractivity (Wildman–Crippen MR) is 55.9 cm³/mol. The van der Waals surface area contributed by atoms with E-state index in [0.29, 0.717) is 0 Å². The first-order valence-electron chi connectivity index (χ1n) is 4.45. The summed E-state index contributed by atoms with van der Waals surface area (Å²) in [6, 6.07) is 10.0. The van der Waals surface area contributed by atoms with Crippen molar-refractivity contribution in [2.75, 3.05) is 0 Å². The highest BCUT2D eigenvalue weighted by atomic mass is 14.7. The van der Waals surface area contributed by atoms with Crippen LogP contribution in [0.1, 0.15) is 0 Å². The number of aromatic nitrogens is 2. The second-order valence-corrected chi connectivity index (χ2v) is 3.16. The molecule has 0 aliphatic heterocycles. The van der Waals surface area contributed by atoms with E-state index in [2.05, 4.69) is 22.2 Å². The molecule has 0 N–H and O–H groups in total. The first-order chi connectivity index (χ1) is 6.95. The summed E-state index contributed by atoms with van der Waals surface area (Å²) in [4.78, 5) is 8.33. The van der Waals surface area contributed by atoms with E-state index in [1.807, 2.05) is 30.5 Å². The lowest BCUT2D eigenvalue weighted by Crippen LogP contribution is -1.81. The Morgan fingerprint density at radius 2 is 2.00 bits per heavy atom. The number of rotatable bonds is 0. The standard InChI is InChI=1S/C12H7N2/c1-2-9-3-4-10-8-13-7-5-11(10)12(9)14-6-1/h1-7H. The van der Waals surface area contributed by atoms with Gasteiger partial charge in [-0.15, -0.1) is 0 Å². The molecule has 1 radical (unpaired) electrons. The summed E-state index contributed by atoms with van der Waals surface area (Å²) in [6.45, 7) is 0. The van der Waals surface area contributed by atoms with Crippen LogP contribution in [0, 0.1) is 6.20 Å². The molecule has 2 heterocycles. The molecule has 0 atom stereocenters. The minimum absolute atomic E-state index is 1.01. The van der Waals surface area contributed by atoms with Gasteiger partial charge in [0.15, 0.2) is 0 Å². The van der Waals surface area contributed by atoms with Gasteiger partial charge in [0.2, 0.25) is 0 Å². The zero-order valence-corrected chi connectivity index (χ0v) is 7.44. The second kappa shape index (κ2) is 2.77. The van der Waals surface area contributed by atoms with Crippen LogP contribution in [0.5, 0.6) is 0 Å². The summed E-state index contributed by atoms with van der Waals surface area (Å²) in [6.07, 6.45) is 6.51. The van der Waals surface area contributed by atoms with Crippen molar-refractivity contribution in [3.8, 4) is 0 Å². The monoisotopic (exact) mass is 179 g/mol. The molecule has 0 unspecified atom stereocenters. The molecule has 0 saturated carbocycles. The maximum atomic E-state index is 4.36. The molecule has 0 aliphatic carbocycles. The van der Waals surface area contributed by atoms with Crippen molar-refractivity contribution in [1.82, 2.24) is 9.97 Å².